The second-order valence-electron chi connectivity index (χ2n) is 5.66. The number of furan rings is 1. The standard InChI is InChI=1S/C18H20N4O3/c1-2-7-19-17(23)15-6-5-14(13-20-15)21-8-10-22(11-9-21)18(24)16-4-3-12-25-16/h2-6,12-13H,1,7-11H2,(H,19,23). The first-order chi connectivity index (χ1) is 12.2. The molecule has 1 aliphatic heterocycles. The summed E-state index contributed by atoms with van der Waals surface area (Å²) in [5.41, 5.74) is 1.31. The number of anilines is 1. The molecule has 7 nitrogen and oxygen atoms in total. The van der Waals surface area contributed by atoms with E-state index >= 15 is 0 Å². The van der Waals surface area contributed by atoms with Gasteiger partial charge in [0.15, 0.2) is 5.76 Å². The highest BCUT2D eigenvalue weighted by Gasteiger charge is 2.24. The van der Waals surface area contributed by atoms with Gasteiger partial charge in [0.2, 0.25) is 0 Å². The van der Waals surface area contributed by atoms with Gasteiger partial charge in [-0.05, 0) is 24.3 Å². The van der Waals surface area contributed by atoms with Crippen LogP contribution in [0.2, 0.25) is 0 Å². The molecule has 3 heterocycles. The second-order valence-corrected chi connectivity index (χ2v) is 5.66. The van der Waals surface area contributed by atoms with Gasteiger partial charge in [0.1, 0.15) is 5.69 Å². The predicted octanol–water partition coefficient (Wildman–Crippen LogP) is 1.55. The zero-order valence-electron chi connectivity index (χ0n) is 13.9. The maximum absolute atomic E-state index is 12.3. The Morgan fingerprint density at radius 3 is 2.64 bits per heavy atom. The van der Waals surface area contributed by atoms with Crippen LogP contribution in [0.3, 0.4) is 0 Å². The van der Waals surface area contributed by atoms with Crippen molar-refractivity contribution in [1.82, 2.24) is 15.2 Å². The van der Waals surface area contributed by atoms with Crippen LogP contribution in [0, 0.1) is 0 Å². The number of carbonyl (C=O) groups is 2. The van der Waals surface area contributed by atoms with Gasteiger partial charge in [0.25, 0.3) is 11.8 Å². The normalized spacial score (nSPS) is 14.2. The fourth-order valence-electron chi connectivity index (χ4n) is 2.69. The van der Waals surface area contributed by atoms with Crippen molar-refractivity contribution in [2.24, 2.45) is 0 Å². The molecule has 3 rings (SSSR count). The van der Waals surface area contributed by atoms with Crippen molar-refractivity contribution in [3.63, 3.8) is 0 Å². The van der Waals surface area contributed by atoms with Gasteiger partial charge in [-0.25, -0.2) is 4.98 Å². The van der Waals surface area contributed by atoms with E-state index in [-0.39, 0.29) is 11.8 Å². The first kappa shape index (κ1) is 16.8. The van der Waals surface area contributed by atoms with Crippen molar-refractivity contribution in [3.05, 3.63) is 60.8 Å². The summed E-state index contributed by atoms with van der Waals surface area (Å²) in [7, 11) is 0. The summed E-state index contributed by atoms with van der Waals surface area (Å²) in [5, 5.41) is 2.69. The highest BCUT2D eigenvalue weighted by atomic mass is 16.3. The summed E-state index contributed by atoms with van der Waals surface area (Å²) < 4.78 is 5.16. The topological polar surface area (TPSA) is 78.7 Å². The Labute approximate surface area is 145 Å². The molecule has 2 aromatic rings. The minimum absolute atomic E-state index is 0.0861. The lowest BCUT2D eigenvalue weighted by Gasteiger charge is -2.35. The Morgan fingerprint density at radius 2 is 2.04 bits per heavy atom. The van der Waals surface area contributed by atoms with E-state index in [0.29, 0.717) is 44.2 Å². The molecule has 1 N–H and O–H groups in total. The van der Waals surface area contributed by atoms with Gasteiger partial charge in [-0.2, -0.15) is 0 Å². The molecule has 7 heteroatoms. The van der Waals surface area contributed by atoms with Crippen LogP contribution in [0.1, 0.15) is 21.0 Å². The van der Waals surface area contributed by atoms with Crippen LogP contribution in [0.5, 0.6) is 0 Å². The Kier molecular flexibility index (Phi) is 5.13. The third kappa shape index (κ3) is 3.88. The van der Waals surface area contributed by atoms with E-state index in [9.17, 15) is 9.59 Å². The van der Waals surface area contributed by atoms with Crippen LogP contribution in [0.25, 0.3) is 0 Å². The van der Waals surface area contributed by atoms with E-state index in [1.807, 2.05) is 6.07 Å². The fourth-order valence-corrected chi connectivity index (χ4v) is 2.69. The van der Waals surface area contributed by atoms with Crippen LogP contribution < -0.4 is 10.2 Å². The minimum Gasteiger partial charge on any atom is -0.459 e. The summed E-state index contributed by atoms with van der Waals surface area (Å²) in [5.74, 6) is 0.0577. The van der Waals surface area contributed by atoms with Crippen LogP contribution in [0.15, 0.2) is 53.8 Å². The van der Waals surface area contributed by atoms with Crippen LogP contribution in [-0.2, 0) is 0 Å². The Bertz CT molecular complexity index is 732. The van der Waals surface area contributed by atoms with Gasteiger partial charge in [0.05, 0.1) is 18.1 Å². The van der Waals surface area contributed by atoms with Gasteiger partial charge in [0, 0.05) is 32.7 Å². The first-order valence-corrected chi connectivity index (χ1v) is 8.12. The molecular weight excluding hydrogens is 320 g/mol. The minimum atomic E-state index is -0.222. The molecule has 0 bridgehead atoms. The summed E-state index contributed by atoms with van der Waals surface area (Å²) in [6, 6.07) is 6.96. The summed E-state index contributed by atoms with van der Waals surface area (Å²) in [6.45, 7) is 6.60. The molecule has 25 heavy (non-hydrogen) atoms. The highest BCUT2D eigenvalue weighted by molar-refractivity contribution is 5.92. The molecule has 1 aliphatic rings. The third-order valence-electron chi connectivity index (χ3n) is 4.05. The molecule has 0 unspecified atom stereocenters. The highest BCUT2D eigenvalue weighted by Crippen LogP contribution is 2.17. The molecule has 0 saturated carbocycles. The molecular formula is C18H20N4O3. The van der Waals surface area contributed by atoms with Crippen molar-refractivity contribution in [2.75, 3.05) is 37.6 Å². The Balaban J connectivity index is 1.57. The maximum Gasteiger partial charge on any atom is 0.289 e. The van der Waals surface area contributed by atoms with Gasteiger partial charge < -0.3 is 19.5 Å². The monoisotopic (exact) mass is 340 g/mol. The SMILES string of the molecule is C=CCNC(=O)c1ccc(N2CCN(C(=O)c3ccco3)CC2)cn1. The van der Waals surface area contributed by atoms with Gasteiger partial charge in [-0.3, -0.25) is 9.59 Å². The number of nitrogens with zero attached hydrogens (tertiary/aromatic N) is 3. The third-order valence-corrected chi connectivity index (χ3v) is 4.05. The lowest BCUT2D eigenvalue weighted by molar-refractivity contribution is 0.0714. The van der Waals surface area contributed by atoms with Gasteiger partial charge in [-0.15, -0.1) is 6.58 Å². The van der Waals surface area contributed by atoms with Crippen LogP contribution in [-0.4, -0.2) is 54.4 Å². The number of aromatic nitrogens is 1. The van der Waals surface area contributed by atoms with Gasteiger partial charge in [-0.1, -0.05) is 6.08 Å². The molecule has 0 spiro atoms. The lowest BCUT2D eigenvalue weighted by atomic mass is 10.2. The number of nitrogens with one attached hydrogen (secondary N) is 1. The van der Waals surface area contributed by atoms with Crippen molar-refractivity contribution in [3.8, 4) is 0 Å². The molecule has 1 saturated heterocycles. The number of pyridine rings is 1. The number of hydrogen-bond acceptors (Lipinski definition) is 5. The number of amides is 2. The van der Waals surface area contributed by atoms with Crippen molar-refractivity contribution >= 4 is 17.5 Å². The summed E-state index contributed by atoms with van der Waals surface area (Å²) >= 11 is 0. The van der Waals surface area contributed by atoms with E-state index in [2.05, 4.69) is 21.8 Å². The van der Waals surface area contributed by atoms with Gasteiger partial charge >= 0.3 is 0 Å². The van der Waals surface area contributed by atoms with E-state index in [0.717, 1.165) is 5.69 Å². The Morgan fingerprint density at radius 1 is 1.24 bits per heavy atom. The van der Waals surface area contributed by atoms with E-state index in [1.54, 1.807) is 35.4 Å². The fraction of sp³-hybridized carbons (Fsp3) is 0.278. The average Bonchev–Trinajstić information content (AvgIpc) is 3.20. The number of carbonyl (C=O) groups excluding carboxylic acids is 2. The smallest absolute Gasteiger partial charge is 0.289 e. The zero-order valence-corrected chi connectivity index (χ0v) is 13.9. The van der Waals surface area contributed by atoms with E-state index in [4.69, 9.17) is 4.42 Å². The molecule has 0 aliphatic carbocycles. The molecule has 0 atom stereocenters. The van der Waals surface area contributed by atoms with Crippen molar-refractivity contribution < 1.29 is 14.0 Å². The molecule has 2 aromatic heterocycles. The molecule has 130 valence electrons. The second kappa shape index (κ2) is 7.65. The van der Waals surface area contributed by atoms with Crippen LogP contribution in [0.4, 0.5) is 5.69 Å². The van der Waals surface area contributed by atoms with Crippen molar-refractivity contribution in [2.45, 2.75) is 0 Å². The first-order valence-electron chi connectivity index (χ1n) is 8.12. The predicted molar refractivity (Wildman–Crippen MR) is 93.6 cm³/mol. The van der Waals surface area contributed by atoms with Crippen molar-refractivity contribution in [1.29, 1.82) is 0 Å². The number of rotatable bonds is 5. The van der Waals surface area contributed by atoms with E-state index in [1.165, 1.54) is 6.26 Å². The quantitative estimate of drug-likeness (QED) is 0.836. The molecule has 0 radical (unpaired) electrons. The van der Waals surface area contributed by atoms with Crippen LogP contribution >= 0.6 is 0 Å². The molecule has 2 amide bonds. The largest absolute Gasteiger partial charge is 0.459 e. The lowest BCUT2D eigenvalue weighted by Crippen LogP contribution is -2.48. The zero-order chi connectivity index (χ0) is 17.6. The molecule has 0 aromatic carbocycles. The number of hydrogen-bond donors (Lipinski definition) is 1. The number of piperazine rings is 1. The summed E-state index contributed by atoms with van der Waals surface area (Å²) in [4.78, 5) is 32.2. The maximum atomic E-state index is 12.3. The van der Waals surface area contributed by atoms with E-state index < -0.39 is 0 Å². The molecule has 1 fully saturated rings. The summed E-state index contributed by atoms with van der Waals surface area (Å²) in [6.07, 6.45) is 4.81. The Hall–Kier alpha value is -3.09. The average molecular weight is 340 g/mol.